The first-order chi connectivity index (χ1) is 8.00. The zero-order valence-corrected chi connectivity index (χ0v) is 9.77. The Hall–Kier alpha value is -2.30. The van der Waals surface area contributed by atoms with E-state index in [1.54, 1.807) is 22.9 Å². The summed E-state index contributed by atoms with van der Waals surface area (Å²) in [6, 6.07) is 7.09. The van der Waals surface area contributed by atoms with Crippen molar-refractivity contribution in [3.05, 3.63) is 41.2 Å². The molecule has 1 aromatic carbocycles. The number of nitrogens with two attached hydrogens (primary N) is 2. The summed E-state index contributed by atoms with van der Waals surface area (Å²) in [6.07, 6.45) is 0. The SMILES string of the molecule is Cc1cc(C)n(-c2cccc(C(N)=O)c2N)n1. The smallest absolute Gasteiger partial charge is 0.250 e. The maximum atomic E-state index is 11.2. The third-order valence-corrected chi connectivity index (χ3v) is 2.59. The number of amides is 1. The molecule has 2 aromatic rings. The highest BCUT2D eigenvalue weighted by molar-refractivity contribution is 5.99. The third kappa shape index (κ3) is 1.87. The third-order valence-electron chi connectivity index (χ3n) is 2.59. The molecule has 0 radical (unpaired) electrons. The summed E-state index contributed by atoms with van der Waals surface area (Å²) in [6.45, 7) is 3.83. The molecular formula is C12H14N4O. The number of carbonyl (C=O) groups excluding carboxylic acids is 1. The van der Waals surface area contributed by atoms with Gasteiger partial charge >= 0.3 is 0 Å². The number of nitrogen functional groups attached to an aromatic ring is 1. The van der Waals surface area contributed by atoms with E-state index >= 15 is 0 Å². The lowest BCUT2D eigenvalue weighted by Gasteiger charge is -2.10. The maximum absolute atomic E-state index is 11.2. The van der Waals surface area contributed by atoms with Gasteiger partial charge in [0.05, 0.1) is 22.6 Å². The molecule has 88 valence electrons. The van der Waals surface area contributed by atoms with Crippen molar-refractivity contribution in [2.45, 2.75) is 13.8 Å². The van der Waals surface area contributed by atoms with E-state index < -0.39 is 5.91 Å². The van der Waals surface area contributed by atoms with Gasteiger partial charge in [0.1, 0.15) is 0 Å². The number of hydrogen-bond acceptors (Lipinski definition) is 3. The molecule has 5 heteroatoms. The van der Waals surface area contributed by atoms with Crippen molar-refractivity contribution < 1.29 is 4.79 Å². The molecule has 17 heavy (non-hydrogen) atoms. The van der Waals surface area contributed by atoms with Crippen LogP contribution >= 0.6 is 0 Å². The average molecular weight is 230 g/mol. The van der Waals surface area contributed by atoms with Crippen molar-refractivity contribution in [1.82, 2.24) is 9.78 Å². The van der Waals surface area contributed by atoms with E-state index in [0.717, 1.165) is 11.4 Å². The Morgan fingerprint density at radius 3 is 2.59 bits per heavy atom. The van der Waals surface area contributed by atoms with E-state index in [0.29, 0.717) is 16.9 Å². The fourth-order valence-corrected chi connectivity index (χ4v) is 1.83. The molecule has 0 fully saturated rings. The van der Waals surface area contributed by atoms with Crippen molar-refractivity contribution in [1.29, 1.82) is 0 Å². The zero-order valence-electron chi connectivity index (χ0n) is 9.77. The maximum Gasteiger partial charge on any atom is 0.250 e. The number of primary amides is 1. The van der Waals surface area contributed by atoms with E-state index in [-0.39, 0.29) is 0 Å². The molecule has 4 N–H and O–H groups in total. The van der Waals surface area contributed by atoms with E-state index in [1.807, 2.05) is 19.9 Å². The summed E-state index contributed by atoms with van der Waals surface area (Å²) in [4.78, 5) is 11.2. The average Bonchev–Trinajstić information content (AvgIpc) is 2.57. The molecule has 1 aromatic heterocycles. The quantitative estimate of drug-likeness (QED) is 0.759. The zero-order chi connectivity index (χ0) is 12.6. The van der Waals surface area contributed by atoms with Crippen molar-refractivity contribution in [2.75, 3.05) is 5.73 Å². The molecule has 0 spiro atoms. The van der Waals surface area contributed by atoms with Gasteiger partial charge in [-0.3, -0.25) is 4.79 Å². The molecule has 0 unspecified atom stereocenters. The predicted molar refractivity (Wildman–Crippen MR) is 66.0 cm³/mol. The first-order valence-electron chi connectivity index (χ1n) is 5.22. The Balaban J connectivity index is 2.64. The second-order valence-corrected chi connectivity index (χ2v) is 3.94. The van der Waals surface area contributed by atoms with E-state index in [9.17, 15) is 4.79 Å². The lowest BCUT2D eigenvalue weighted by Crippen LogP contribution is -2.15. The molecule has 1 heterocycles. The first kappa shape index (κ1) is 11.2. The van der Waals surface area contributed by atoms with E-state index in [4.69, 9.17) is 11.5 Å². The topological polar surface area (TPSA) is 86.9 Å². The standard InChI is InChI=1S/C12H14N4O/c1-7-6-8(2)16(15-7)10-5-3-4-9(11(10)13)12(14)17/h3-6H,13H2,1-2H3,(H2,14,17). The number of para-hydroxylation sites is 1. The van der Waals surface area contributed by atoms with Crippen LogP contribution < -0.4 is 11.5 Å². The van der Waals surface area contributed by atoms with Gasteiger partial charge in [0.2, 0.25) is 0 Å². The summed E-state index contributed by atoms with van der Waals surface area (Å²) in [5, 5.41) is 4.33. The van der Waals surface area contributed by atoms with Gasteiger partial charge in [-0.15, -0.1) is 0 Å². The summed E-state index contributed by atoms with van der Waals surface area (Å²) >= 11 is 0. The van der Waals surface area contributed by atoms with Gasteiger partial charge in [-0.25, -0.2) is 4.68 Å². The second kappa shape index (κ2) is 3.93. The molecule has 0 aliphatic rings. The molecule has 2 rings (SSSR count). The summed E-state index contributed by atoms with van der Waals surface area (Å²) in [7, 11) is 0. The normalized spacial score (nSPS) is 10.5. The number of anilines is 1. The van der Waals surface area contributed by atoms with Crippen molar-refractivity contribution in [2.24, 2.45) is 5.73 Å². The molecule has 0 atom stereocenters. The number of aromatic nitrogens is 2. The fraction of sp³-hybridized carbons (Fsp3) is 0.167. The molecule has 0 bridgehead atoms. The lowest BCUT2D eigenvalue weighted by molar-refractivity contribution is 0.100. The minimum Gasteiger partial charge on any atom is -0.396 e. The van der Waals surface area contributed by atoms with Crippen LogP contribution in [0.5, 0.6) is 0 Å². The Kier molecular flexibility index (Phi) is 2.59. The number of nitrogens with zero attached hydrogens (tertiary/aromatic N) is 2. The minimum absolute atomic E-state index is 0.315. The Morgan fingerprint density at radius 2 is 2.06 bits per heavy atom. The number of rotatable bonds is 2. The molecule has 0 saturated heterocycles. The van der Waals surface area contributed by atoms with Crippen LogP contribution in [-0.4, -0.2) is 15.7 Å². The van der Waals surface area contributed by atoms with Gasteiger partial charge in [-0.2, -0.15) is 5.10 Å². The van der Waals surface area contributed by atoms with Gasteiger partial charge in [0.15, 0.2) is 0 Å². The highest BCUT2D eigenvalue weighted by atomic mass is 16.1. The van der Waals surface area contributed by atoms with Gasteiger partial charge in [0.25, 0.3) is 5.91 Å². The van der Waals surface area contributed by atoms with Gasteiger partial charge in [0, 0.05) is 5.69 Å². The van der Waals surface area contributed by atoms with Crippen molar-refractivity contribution >= 4 is 11.6 Å². The Bertz CT molecular complexity index is 586. The highest BCUT2D eigenvalue weighted by Crippen LogP contribution is 2.22. The Labute approximate surface area is 99.0 Å². The molecular weight excluding hydrogens is 216 g/mol. The summed E-state index contributed by atoms with van der Waals surface area (Å²) in [5.74, 6) is -0.536. The monoisotopic (exact) mass is 230 g/mol. The largest absolute Gasteiger partial charge is 0.396 e. The number of aryl methyl sites for hydroxylation is 2. The lowest BCUT2D eigenvalue weighted by atomic mass is 10.1. The first-order valence-corrected chi connectivity index (χ1v) is 5.22. The van der Waals surface area contributed by atoms with Gasteiger partial charge in [-0.05, 0) is 32.0 Å². The molecule has 0 aliphatic carbocycles. The van der Waals surface area contributed by atoms with Crippen LogP contribution in [-0.2, 0) is 0 Å². The van der Waals surface area contributed by atoms with Crippen LogP contribution in [0.2, 0.25) is 0 Å². The van der Waals surface area contributed by atoms with Crippen LogP contribution in [0.1, 0.15) is 21.7 Å². The van der Waals surface area contributed by atoms with Crippen molar-refractivity contribution in [3.63, 3.8) is 0 Å². The summed E-state index contributed by atoms with van der Waals surface area (Å²) < 4.78 is 1.71. The number of hydrogen-bond donors (Lipinski definition) is 2. The second-order valence-electron chi connectivity index (χ2n) is 3.94. The molecule has 0 aliphatic heterocycles. The highest BCUT2D eigenvalue weighted by Gasteiger charge is 2.12. The predicted octanol–water partition coefficient (Wildman–Crippen LogP) is 1.17. The fourth-order valence-electron chi connectivity index (χ4n) is 1.83. The van der Waals surface area contributed by atoms with E-state index in [1.165, 1.54) is 0 Å². The molecule has 1 amide bonds. The number of benzene rings is 1. The van der Waals surface area contributed by atoms with Crippen LogP contribution in [0.15, 0.2) is 24.3 Å². The van der Waals surface area contributed by atoms with Crippen LogP contribution in [0.25, 0.3) is 5.69 Å². The van der Waals surface area contributed by atoms with Crippen LogP contribution in [0.3, 0.4) is 0 Å². The van der Waals surface area contributed by atoms with Gasteiger partial charge < -0.3 is 11.5 Å². The molecule has 5 nitrogen and oxygen atoms in total. The van der Waals surface area contributed by atoms with Crippen LogP contribution in [0.4, 0.5) is 5.69 Å². The van der Waals surface area contributed by atoms with Gasteiger partial charge in [-0.1, -0.05) is 6.07 Å². The Morgan fingerprint density at radius 1 is 1.35 bits per heavy atom. The molecule has 0 saturated carbocycles. The van der Waals surface area contributed by atoms with Crippen LogP contribution in [0, 0.1) is 13.8 Å². The summed E-state index contributed by atoms with van der Waals surface area (Å²) in [5.41, 5.74) is 14.4. The van der Waals surface area contributed by atoms with E-state index in [2.05, 4.69) is 5.10 Å². The minimum atomic E-state index is -0.536. The number of carbonyl (C=O) groups is 1. The van der Waals surface area contributed by atoms with Crippen molar-refractivity contribution in [3.8, 4) is 5.69 Å².